The van der Waals surface area contributed by atoms with E-state index in [0.29, 0.717) is 12.0 Å². The minimum atomic E-state index is -5.08. The van der Waals surface area contributed by atoms with Gasteiger partial charge in [-0.3, -0.25) is 9.80 Å². The molecule has 2 heterocycles. The number of carboxylic acids is 3. The molecule has 3 N–H and O–H groups in total. The molecule has 2 fully saturated rings. The van der Waals surface area contributed by atoms with Gasteiger partial charge >= 0.3 is 36.4 Å². The first-order valence-corrected chi connectivity index (χ1v) is 13.2. The Hall–Kier alpha value is -3.36. The molecule has 3 rings (SSSR count). The van der Waals surface area contributed by atoms with Gasteiger partial charge in [-0.1, -0.05) is 12.1 Å². The summed E-state index contributed by atoms with van der Waals surface area (Å²) in [6, 6.07) is 8.43. The molecule has 2 saturated heterocycles. The van der Waals surface area contributed by atoms with Gasteiger partial charge in [0.05, 0.1) is 19.8 Å². The van der Waals surface area contributed by atoms with Crippen LogP contribution in [-0.4, -0.2) is 140 Å². The standard InChI is InChI=1S/C20H33N3O2.3C2HF3O2/c1-21(2)10-11-22-12-13-25-20-16-23(9-8-18(20)15-22)14-17-4-6-19(24-3)7-5-17;3*3-2(4,5)1(6)7/h4-7,18,20H,8-16H2,1-3H3;3*(H,6,7)/t18-,20-;;;/m1.../s1. The van der Waals surface area contributed by atoms with Crippen LogP contribution in [0.25, 0.3) is 0 Å². The Balaban J connectivity index is 0.000000786. The van der Waals surface area contributed by atoms with Crippen molar-refractivity contribution in [1.29, 1.82) is 0 Å². The minimum Gasteiger partial charge on any atom is -0.497 e. The van der Waals surface area contributed by atoms with Crippen LogP contribution in [-0.2, 0) is 25.7 Å². The van der Waals surface area contributed by atoms with Crippen LogP contribution in [0.2, 0.25) is 0 Å². The number of ether oxygens (including phenoxy) is 2. The predicted molar refractivity (Wildman–Crippen MR) is 142 cm³/mol. The third-order valence-electron chi connectivity index (χ3n) is 6.17. The highest BCUT2D eigenvalue weighted by atomic mass is 19.4. The van der Waals surface area contributed by atoms with Gasteiger partial charge in [0.1, 0.15) is 5.75 Å². The second-order valence-electron chi connectivity index (χ2n) is 10.1. The van der Waals surface area contributed by atoms with Gasteiger partial charge in [0.25, 0.3) is 0 Å². The van der Waals surface area contributed by atoms with Crippen molar-refractivity contribution in [3.63, 3.8) is 0 Å². The molecule has 0 aromatic heterocycles. The Bertz CT molecular complexity index is 1010. The molecule has 2 aliphatic rings. The van der Waals surface area contributed by atoms with Crippen LogP contribution in [0, 0.1) is 5.92 Å². The van der Waals surface area contributed by atoms with Crippen molar-refractivity contribution in [2.45, 2.75) is 37.6 Å². The molecule has 0 spiro atoms. The Labute approximate surface area is 258 Å². The van der Waals surface area contributed by atoms with Crippen molar-refractivity contribution in [1.82, 2.24) is 14.7 Å². The second kappa shape index (κ2) is 19.3. The van der Waals surface area contributed by atoms with E-state index >= 15 is 0 Å². The Morgan fingerprint density at radius 3 is 1.67 bits per heavy atom. The number of hydrogen-bond acceptors (Lipinski definition) is 8. The lowest BCUT2D eigenvalue weighted by molar-refractivity contribution is -0.193. The third kappa shape index (κ3) is 18.6. The number of methoxy groups -OCH3 is 1. The quantitative estimate of drug-likeness (QED) is 0.377. The van der Waals surface area contributed by atoms with E-state index in [2.05, 4.69) is 40.9 Å². The molecule has 0 amide bonds. The highest BCUT2D eigenvalue weighted by molar-refractivity contribution is 5.73. The molecular weight excluding hydrogens is 653 g/mol. The van der Waals surface area contributed by atoms with Crippen LogP contribution in [0.3, 0.4) is 0 Å². The molecule has 0 saturated carbocycles. The molecule has 1 aromatic carbocycles. The van der Waals surface area contributed by atoms with Crippen molar-refractivity contribution in [3.8, 4) is 5.75 Å². The second-order valence-corrected chi connectivity index (χ2v) is 10.1. The van der Waals surface area contributed by atoms with Crippen molar-refractivity contribution >= 4 is 17.9 Å². The fourth-order valence-corrected chi connectivity index (χ4v) is 3.86. The number of fused-ring (bicyclic) bond motifs is 1. The first kappa shape index (κ1) is 42.6. The average molecular weight is 690 g/mol. The maximum atomic E-state index is 10.6. The largest absolute Gasteiger partial charge is 0.497 e. The summed E-state index contributed by atoms with van der Waals surface area (Å²) in [6.45, 7) is 8.62. The van der Waals surface area contributed by atoms with Crippen molar-refractivity contribution < 1.29 is 78.7 Å². The minimum absolute atomic E-state index is 0.386. The molecule has 2 atom stereocenters. The average Bonchev–Trinajstić information content (AvgIpc) is 3.13. The van der Waals surface area contributed by atoms with E-state index in [9.17, 15) is 39.5 Å². The number of carbonyl (C=O) groups is 3. The lowest BCUT2D eigenvalue weighted by Crippen LogP contribution is -2.46. The molecule has 2 aliphatic heterocycles. The number of rotatable bonds is 6. The number of carboxylic acid groups (broad SMARTS) is 3. The zero-order valence-electron chi connectivity index (χ0n) is 25.0. The molecule has 1 aromatic rings. The van der Waals surface area contributed by atoms with Crippen LogP contribution in [0.1, 0.15) is 12.0 Å². The molecule has 266 valence electrons. The van der Waals surface area contributed by atoms with Crippen molar-refractivity contribution in [3.05, 3.63) is 29.8 Å². The van der Waals surface area contributed by atoms with Gasteiger partial charge in [0.15, 0.2) is 0 Å². The number of aliphatic carboxylic acids is 3. The molecule has 0 bridgehead atoms. The van der Waals surface area contributed by atoms with Gasteiger partial charge in [-0.05, 0) is 44.8 Å². The van der Waals surface area contributed by atoms with Crippen LogP contribution >= 0.6 is 0 Å². The van der Waals surface area contributed by atoms with Gasteiger partial charge in [0.2, 0.25) is 0 Å². The number of benzene rings is 1. The van der Waals surface area contributed by atoms with Crippen LogP contribution in [0.5, 0.6) is 5.75 Å². The maximum absolute atomic E-state index is 10.6. The van der Waals surface area contributed by atoms with Gasteiger partial charge in [-0.25, -0.2) is 14.4 Å². The van der Waals surface area contributed by atoms with E-state index in [1.807, 2.05) is 12.1 Å². The Morgan fingerprint density at radius 2 is 1.28 bits per heavy atom. The summed E-state index contributed by atoms with van der Waals surface area (Å²) in [4.78, 5) is 34.1. The highest BCUT2D eigenvalue weighted by Crippen LogP contribution is 2.25. The first-order valence-electron chi connectivity index (χ1n) is 13.2. The van der Waals surface area contributed by atoms with Crippen LogP contribution in [0.15, 0.2) is 24.3 Å². The summed E-state index contributed by atoms with van der Waals surface area (Å²) < 4.78 is 107. The monoisotopic (exact) mass is 689 g/mol. The van der Waals surface area contributed by atoms with E-state index in [1.54, 1.807) is 7.11 Å². The van der Waals surface area contributed by atoms with E-state index in [-0.39, 0.29) is 0 Å². The van der Waals surface area contributed by atoms with Gasteiger partial charge in [-0.2, -0.15) is 39.5 Å². The highest BCUT2D eigenvalue weighted by Gasteiger charge is 2.39. The summed E-state index contributed by atoms with van der Waals surface area (Å²) in [6.07, 6.45) is -13.6. The fraction of sp³-hybridized carbons (Fsp3) is 0.654. The summed E-state index contributed by atoms with van der Waals surface area (Å²) >= 11 is 0. The zero-order chi connectivity index (χ0) is 35.9. The lowest BCUT2D eigenvalue weighted by atomic mass is 9.93. The number of nitrogens with zero attached hydrogens (tertiary/aromatic N) is 3. The molecule has 0 unspecified atom stereocenters. The number of likely N-dealkylation sites (N-methyl/N-ethyl adjacent to an activating group) is 1. The molecule has 20 heteroatoms. The molecule has 0 radical (unpaired) electrons. The number of piperidine rings is 1. The molecule has 46 heavy (non-hydrogen) atoms. The van der Waals surface area contributed by atoms with Gasteiger partial charge in [0, 0.05) is 45.2 Å². The summed E-state index contributed by atoms with van der Waals surface area (Å²) in [7, 11) is 6.01. The number of likely N-dealkylation sites (tertiary alicyclic amines) is 1. The topological polar surface area (TPSA) is 140 Å². The normalized spacial score (nSPS) is 19.1. The van der Waals surface area contributed by atoms with Crippen LogP contribution in [0.4, 0.5) is 39.5 Å². The maximum Gasteiger partial charge on any atom is 0.490 e. The first-order chi connectivity index (χ1) is 21.0. The summed E-state index contributed by atoms with van der Waals surface area (Å²) in [5.74, 6) is -6.67. The summed E-state index contributed by atoms with van der Waals surface area (Å²) in [5.41, 5.74) is 1.35. The van der Waals surface area contributed by atoms with Crippen molar-refractivity contribution in [2.24, 2.45) is 5.92 Å². The molecular formula is C26H36F9N3O8. The fourth-order valence-electron chi connectivity index (χ4n) is 3.86. The third-order valence-corrected chi connectivity index (χ3v) is 6.17. The van der Waals surface area contributed by atoms with E-state index in [1.165, 1.54) is 18.5 Å². The van der Waals surface area contributed by atoms with Gasteiger partial charge in [-0.15, -0.1) is 0 Å². The molecule has 0 aliphatic carbocycles. The Morgan fingerprint density at radius 1 is 0.826 bits per heavy atom. The molecule has 11 nitrogen and oxygen atoms in total. The van der Waals surface area contributed by atoms with Gasteiger partial charge < -0.3 is 29.7 Å². The van der Waals surface area contributed by atoms with E-state index in [0.717, 1.165) is 51.6 Å². The Kier molecular flexibility index (Phi) is 17.9. The number of halogens is 9. The van der Waals surface area contributed by atoms with Crippen LogP contribution < -0.4 is 4.74 Å². The van der Waals surface area contributed by atoms with E-state index < -0.39 is 36.4 Å². The smallest absolute Gasteiger partial charge is 0.490 e. The SMILES string of the molecule is COc1ccc(CN2CC[C@@H]3CN(CCN(C)C)CCO[C@@H]3C2)cc1.O=C(O)C(F)(F)F.O=C(O)C(F)(F)F.O=C(O)C(F)(F)F. The van der Waals surface area contributed by atoms with E-state index in [4.69, 9.17) is 39.2 Å². The predicted octanol–water partition coefficient (Wildman–Crippen LogP) is 3.68. The number of hydrogen-bond donors (Lipinski definition) is 3. The zero-order valence-corrected chi connectivity index (χ0v) is 25.0. The van der Waals surface area contributed by atoms with Crippen molar-refractivity contribution in [2.75, 3.05) is 67.1 Å². The summed E-state index contributed by atoms with van der Waals surface area (Å²) in [5, 5.41) is 21.4. The lowest BCUT2D eigenvalue weighted by Gasteiger charge is -2.38. The number of alkyl halides is 9.